The van der Waals surface area contributed by atoms with Crippen molar-refractivity contribution in [3.63, 3.8) is 0 Å². The van der Waals surface area contributed by atoms with Crippen molar-refractivity contribution in [3.05, 3.63) is 34.1 Å². The maximum atomic E-state index is 11.0. The highest BCUT2D eigenvalue weighted by molar-refractivity contribution is 8.20. The molecule has 4 heteroatoms. The fraction of sp³-hybridized carbons (Fsp3) is 0.562. The van der Waals surface area contributed by atoms with E-state index in [-0.39, 0.29) is 15.9 Å². The molecule has 3 atom stereocenters. The Morgan fingerprint density at radius 2 is 2.15 bits per heavy atom. The first-order valence-electron chi connectivity index (χ1n) is 7.50. The number of nitrogens with zero attached hydrogens (tertiary/aromatic N) is 1. The molecule has 0 spiro atoms. The first kappa shape index (κ1) is 13.4. The molecule has 108 valence electrons. The molecule has 5 rings (SSSR count). The van der Waals surface area contributed by atoms with Crippen molar-refractivity contribution in [2.45, 2.75) is 18.3 Å². The molecule has 0 radical (unpaired) electrons. The van der Waals surface area contributed by atoms with Crippen LogP contribution in [-0.2, 0) is 0 Å². The van der Waals surface area contributed by atoms with Gasteiger partial charge in [-0.15, -0.1) is 22.2 Å². The third-order valence-electron chi connectivity index (χ3n) is 4.91. The Balaban J connectivity index is 1.58. The third-order valence-corrected chi connectivity index (χ3v) is 8.25. The number of piperidine rings is 3. The molecule has 1 N–H and O–H groups in total. The van der Waals surface area contributed by atoms with Gasteiger partial charge < -0.3 is 10.0 Å². The Bertz CT molecular complexity index is 527. The van der Waals surface area contributed by atoms with Gasteiger partial charge >= 0.3 is 0 Å². The van der Waals surface area contributed by atoms with E-state index >= 15 is 0 Å². The number of fused-ring (bicyclic) bond motifs is 3. The molecular formula is C16H21NOS2. The highest BCUT2D eigenvalue weighted by Gasteiger charge is 2.39. The fourth-order valence-corrected chi connectivity index (χ4v) is 7.07. The zero-order valence-corrected chi connectivity index (χ0v) is 13.2. The molecule has 1 unspecified atom stereocenters. The van der Waals surface area contributed by atoms with Crippen LogP contribution in [0.2, 0.25) is 0 Å². The second kappa shape index (κ2) is 5.48. The van der Waals surface area contributed by atoms with Gasteiger partial charge in [0.2, 0.25) is 0 Å². The first-order chi connectivity index (χ1) is 9.83. The van der Waals surface area contributed by atoms with Crippen molar-refractivity contribution >= 4 is 27.6 Å². The number of hydrogen-bond acceptors (Lipinski definition) is 3. The molecule has 20 heavy (non-hydrogen) atoms. The van der Waals surface area contributed by atoms with Crippen LogP contribution in [0.25, 0.3) is 0 Å². The number of thioether (sulfide) groups is 1. The molecule has 5 aliphatic rings. The molecule has 0 aromatic rings. The van der Waals surface area contributed by atoms with Crippen LogP contribution >= 0.6 is 22.2 Å². The van der Waals surface area contributed by atoms with Crippen LogP contribution in [0, 0.1) is 11.8 Å². The van der Waals surface area contributed by atoms with Gasteiger partial charge in [-0.25, -0.2) is 0 Å². The molecular weight excluding hydrogens is 286 g/mol. The predicted octanol–water partition coefficient (Wildman–Crippen LogP) is 2.80. The zero-order chi connectivity index (χ0) is 13.5. The lowest BCUT2D eigenvalue weighted by Crippen LogP contribution is -2.50. The topological polar surface area (TPSA) is 23.5 Å². The minimum atomic E-state index is -0.185. The number of aliphatic hydroxyl groups excluding tert-OH is 1. The summed E-state index contributed by atoms with van der Waals surface area (Å²) in [5, 5.41) is 13.2. The lowest BCUT2D eigenvalue weighted by molar-refractivity contribution is 0.00789. The van der Waals surface area contributed by atoms with Crippen LogP contribution in [-0.4, -0.2) is 46.2 Å². The van der Waals surface area contributed by atoms with Gasteiger partial charge in [-0.05, 0) is 43.3 Å². The summed E-state index contributed by atoms with van der Waals surface area (Å²) >= 11 is 1.91. The minimum Gasteiger partial charge on any atom is -0.382 e. The Morgan fingerprint density at radius 3 is 2.80 bits per heavy atom. The summed E-state index contributed by atoms with van der Waals surface area (Å²) in [7, 11) is -0.0986. The average molecular weight is 307 g/mol. The van der Waals surface area contributed by atoms with Crippen molar-refractivity contribution in [1.82, 2.24) is 4.90 Å². The molecule has 0 saturated carbocycles. The smallest absolute Gasteiger partial charge is 0.103 e. The summed E-state index contributed by atoms with van der Waals surface area (Å²) in [5.74, 6) is 2.30. The maximum Gasteiger partial charge on any atom is 0.103 e. The SMILES string of the molecule is O[C@H]([C@H]1CN2CCC1CC2)S1=CC=C/C1=C1/C=CCS1. The lowest BCUT2D eigenvalue weighted by Gasteiger charge is -2.47. The largest absolute Gasteiger partial charge is 0.382 e. The quantitative estimate of drug-likeness (QED) is 0.794. The predicted molar refractivity (Wildman–Crippen MR) is 90.1 cm³/mol. The highest BCUT2D eigenvalue weighted by atomic mass is 32.2. The van der Waals surface area contributed by atoms with Gasteiger partial charge in [-0.3, -0.25) is 0 Å². The first-order valence-corrected chi connectivity index (χ1v) is 9.84. The molecule has 2 nitrogen and oxygen atoms in total. The molecule has 0 aromatic carbocycles. The van der Waals surface area contributed by atoms with Crippen LogP contribution in [0.5, 0.6) is 0 Å². The second-order valence-electron chi connectivity index (χ2n) is 6.00. The molecule has 3 fully saturated rings. The van der Waals surface area contributed by atoms with E-state index in [2.05, 4.69) is 34.6 Å². The molecule has 0 aromatic heterocycles. The van der Waals surface area contributed by atoms with E-state index in [1.165, 1.54) is 35.7 Å². The summed E-state index contributed by atoms with van der Waals surface area (Å²) in [6.07, 6.45) is 11.4. The monoisotopic (exact) mass is 307 g/mol. The van der Waals surface area contributed by atoms with Gasteiger partial charge in [0.15, 0.2) is 0 Å². The Labute approximate surface area is 127 Å². The summed E-state index contributed by atoms with van der Waals surface area (Å²) in [4.78, 5) is 5.28. The fourth-order valence-electron chi connectivity index (χ4n) is 3.79. The summed E-state index contributed by atoms with van der Waals surface area (Å²) in [5.41, 5.74) is -0.185. The number of allylic oxidation sites excluding steroid dienone is 3. The summed E-state index contributed by atoms with van der Waals surface area (Å²) in [6, 6.07) is 0. The molecule has 0 aliphatic carbocycles. The van der Waals surface area contributed by atoms with Crippen LogP contribution in [0.15, 0.2) is 34.1 Å². The van der Waals surface area contributed by atoms with E-state index in [0.717, 1.165) is 18.2 Å². The van der Waals surface area contributed by atoms with Crippen LogP contribution in [0.3, 0.4) is 0 Å². The van der Waals surface area contributed by atoms with Crippen LogP contribution < -0.4 is 0 Å². The van der Waals surface area contributed by atoms with Gasteiger partial charge in [0, 0.05) is 28.0 Å². The van der Waals surface area contributed by atoms with E-state index in [1.807, 2.05) is 11.8 Å². The van der Waals surface area contributed by atoms with E-state index in [9.17, 15) is 5.11 Å². The maximum absolute atomic E-state index is 11.0. The van der Waals surface area contributed by atoms with Crippen molar-refractivity contribution in [2.24, 2.45) is 11.8 Å². The molecule has 5 aliphatic heterocycles. The third kappa shape index (κ3) is 2.27. The number of aliphatic hydroxyl groups is 1. The van der Waals surface area contributed by atoms with Gasteiger partial charge in [0.1, 0.15) is 5.44 Å². The van der Waals surface area contributed by atoms with Gasteiger partial charge in [-0.2, -0.15) is 0 Å². The lowest BCUT2D eigenvalue weighted by atomic mass is 9.79. The average Bonchev–Trinajstić information content (AvgIpc) is 3.18. The van der Waals surface area contributed by atoms with Gasteiger partial charge in [-0.1, -0.05) is 18.2 Å². The van der Waals surface area contributed by atoms with Crippen LogP contribution in [0.1, 0.15) is 12.8 Å². The standard InChI is InChI=1S/C16H21NOS2/c18-16(13-11-17-7-5-12(13)6-8-17)20-10-2-4-15(20)14-3-1-9-19-14/h1-4,10,12-13,16,18H,5-9,11H2/b15-14+/t13-,16-,20?/m0/s1. The van der Waals surface area contributed by atoms with E-state index < -0.39 is 0 Å². The zero-order valence-electron chi connectivity index (χ0n) is 11.6. The number of rotatable bonds is 2. The Hall–Kier alpha value is -0.290. The van der Waals surface area contributed by atoms with Gasteiger partial charge in [0.25, 0.3) is 0 Å². The Morgan fingerprint density at radius 1 is 1.30 bits per heavy atom. The van der Waals surface area contributed by atoms with Crippen molar-refractivity contribution < 1.29 is 5.11 Å². The second-order valence-corrected chi connectivity index (χ2v) is 9.00. The van der Waals surface area contributed by atoms with Crippen molar-refractivity contribution in [2.75, 3.05) is 25.4 Å². The molecule has 5 heterocycles. The molecule has 2 bridgehead atoms. The minimum absolute atomic E-state index is 0.0986. The highest BCUT2D eigenvalue weighted by Crippen LogP contribution is 2.47. The van der Waals surface area contributed by atoms with Crippen molar-refractivity contribution in [3.8, 4) is 0 Å². The van der Waals surface area contributed by atoms with E-state index in [4.69, 9.17) is 0 Å². The van der Waals surface area contributed by atoms with Gasteiger partial charge in [0.05, 0.1) is 0 Å². The van der Waals surface area contributed by atoms with Crippen molar-refractivity contribution in [1.29, 1.82) is 0 Å². The summed E-state index contributed by atoms with van der Waals surface area (Å²) in [6.45, 7) is 3.60. The molecule has 3 saturated heterocycles. The van der Waals surface area contributed by atoms with E-state index in [0.29, 0.717) is 5.92 Å². The van der Waals surface area contributed by atoms with E-state index in [1.54, 1.807) is 0 Å². The number of hydrogen-bond donors (Lipinski definition) is 1. The molecule has 0 amide bonds. The normalized spacial score (nSPS) is 44.0. The Kier molecular flexibility index (Phi) is 3.67. The van der Waals surface area contributed by atoms with Crippen LogP contribution in [0.4, 0.5) is 0 Å². The summed E-state index contributed by atoms with van der Waals surface area (Å²) < 4.78 is 0.